The highest BCUT2D eigenvalue weighted by Crippen LogP contribution is 2.27. The second kappa shape index (κ2) is 6.91. The summed E-state index contributed by atoms with van der Waals surface area (Å²) in [7, 11) is 0. The van der Waals surface area contributed by atoms with Crippen molar-refractivity contribution >= 4 is 5.91 Å². The zero-order valence-corrected chi connectivity index (χ0v) is 13.8. The molecule has 7 nitrogen and oxygen atoms in total. The fourth-order valence-corrected chi connectivity index (χ4v) is 2.93. The molecule has 132 valence electrons. The number of halogens is 1. The van der Waals surface area contributed by atoms with Crippen molar-refractivity contribution in [3.8, 4) is 17.1 Å². The minimum atomic E-state index is -0.443. The normalized spacial score (nSPS) is 15.3. The van der Waals surface area contributed by atoms with Gasteiger partial charge in [0, 0.05) is 6.42 Å². The number of hydrogen-bond acceptors (Lipinski definition) is 5. The van der Waals surface area contributed by atoms with E-state index in [-0.39, 0.29) is 29.9 Å². The maximum absolute atomic E-state index is 13.9. The SMILES string of the molecule is O=C(Cn1nnnc1-c1ccccc1F)NCC1Cc2ccccc2O1. The van der Waals surface area contributed by atoms with E-state index in [9.17, 15) is 9.18 Å². The van der Waals surface area contributed by atoms with Crippen LogP contribution in [0, 0.1) is 5.82 Å². The van der Waals surface area contributed by atoms with Crippen LogP contribution in [0.3, 0.4) is 0 Å². The summed E-state index contributed by atoms with van der Waals surface area (Å²) < 4.78 is 21.0. The Kier molecular flexibility index (Phi) is 4.30. The summed E-state index contributed by atoms with van der Waals surface area (Å²) in [6.45, 7) is 0.279. The number of hydrogen-bond donors (Lipinski definition) is 1. The maximum atomic E-state index is 13.9. The number of amides is 1. The molecule has 1 N–H and O–H groups in total. The summed E-state index contributed by atoms with van der Waals surface area (Å²) in [4.78, 5) is 12.2. The number of benzene rings is 2. The van der Waals surface area contributed by atoms with Gasteiger partial charge in [-0.1, -0.05) is 30.3 Å². The topological polar surface area (TPSA) is 81.9 Å². The lowest BCUT2D eigenvalue weighted by Crippen LogP contribution is -2.36. The van der Waals surface area contributed by atoms with Crippen LogP contribution in [0.4, 0.5) is 4.39 Å². The van der Waals surface area contributed by atoms with E-state index in [1.54, 1.807) is 18.2 Å². The van der Waals surface area contributed by atoms with E-state index in [0.29, 0.717) is 6.54 Å². The van der Waals surface area contributed by atoms with Crippen molar-refractivity contribution in [1.82, 2.24) is 25.5 Å². The predicted molar refractivity (Wildman–Crippen MR) is 90.8 cm³/mol. The molecule has 0 fully saturated rings. The van der Waals surface area contributed by atoms with Gasteiger partial charge in [0.2, 0.25) is 5.91 Å². The summed E-state index contributed by atoms with van der Waals surface area (Å²) in [6, 6.07) is 14.0. The summed E-state index contributed by atoms with van der Waals surface area (Å²) >= 11 is 0. The Labute approximate surface area is 148 Å². The number of carbonyl (C=O) groups excluding carboxylic acids is 1. The molecule has 1 aromatic heterocycles. The molecular formula is C18H16FN5O2. The van der Waals surface area contributed by atoms with Crippen LogP contribution in [0.15, 0.2) is 48.5 Å². The van der Waals surface area contributed by atoms with Crippen LogP contribution >= 0.6 is 0 Å². The fraction of sp³-hybridized carbons (Fsp3) is 0.222. The highest BCUT2D eigenvalue weighted by Gasteiger charge is 2.23. The third-order valence-corrected chi connectivity index (χ3v) is 4.18. The summed E-state index contributed by atoms with van der Waals surface area (Å²) in [5, 5.41) is 14.0. The lowest BCUT2D eigenvalue weighted by atomic mass is 10.1. The quantitative estimate of drug-likeness (QED) is 0.753. The number of tetrazole rings is 1. The lowest BCUT2D eigenvalue weighted by molar-refractivity contribution is -0.122. The van der Waals surface area contributed by atoms with Crippen molar-refractivity contribution < 1.29 is 13.9 Å². The Bertz CT molecular complexity index is 918. The second-order valence-electron chi connectivity index (χ2n) is 6.00. The first-order chi connectivity index (χ1) is 12.7. The molecule has 1 amide bonds. The minimum Gasteiger partial charge on any atom is -0.488 e. The highest BCUT2D eigenvalue weighted by atomic mass is 19.1. The Balaban J connectivity index is 1.37. The number of rotatable bonds is 5. The minimum absolute atomic E-state index is 0.101. The Hall–Kier alpha value is -3.29. The summed E-state index contributed by atoms with van der Waals surface area (Å²) in [5.41, 5.74) is 1.38. The number of ether oxygens (including phenoxy) is 1. The fourth-order valence-electron chi connectivity index (χ4n) is 2.93. The van der Waals surface area contributed by atoms with E-state index in [1.165, 1.54) is 10.7 Å². The van der Waals surface area contributed by atoms with Gasteiger partial charge in [-0.05, 0) is 34.2 Å². The van der Waals surface area contributed by atoms with Gasteiger partial charge in [-0.25, -0.2) is 9.07 Å². The van der Waals surface area contributed by atoms with E-state index in [0.717, 1.165) is 17.7 Å². The average Bonchev–Trinajstić information content (AvgIpc) is 3.26. The molecule has 8 heteroatoms. The van der Waals surface area contributed by atoms with Crippen molar-refractivity contribution in [3.63, 3.8) is 0 Å². The van der Waals surface area contributed by atoms with Crippen molar-refractivity contribution in [1.29, 1.82) is 0 Å². The number of para-hydroxylation sites is 1. The van der Waals surface area contributed by atoms with Gasteiger partial charge in [-0.15, -0.1) is 5.10 Å². The Morgan fingerprint density at radius 3 is 2.88 bits per heavy atom. The molecule has 1 aliphatic heterocycles. The molecule has 0 saturated carbocycles. The Morgan fingerprint density at radius 1 is 1.23 bits per heavy atom. The van der Waals surface area contributed by atoms with Gasteiger partial charge in [0.1, 0.15) is 24.2 Å². The zero-order valence-electron chi connectivity index (χ0n) is 13.8. The van der Waals surface area contributed by atoms with Crippen LogP contribution in [0.25, 0.3) is 11.4 Å². The van der Waals surface area contributed by atoms with Crippen molar-refractivity contribution in [3.05, 3.63) is 59.9 Å². The molecule has 4 rings (SSSR count). The summed E-state index contributed by atoms with van der Waals surface area (Å²) in [5.74, 6) is 0.354. The molecule has 1 unspecified atom stereocenters. The molecule has 3 aromatic rings. The molecule has 0 aliphatic carbocycles. The van der Waals surface area contributed by atoms with Crippen molar-refractivity contribution in [2.24, 2.45) is 0 Å². The molecule has 2 aromatic carbocycles. The highest BCUT2D eigenvalue weighted by molar-refractivity contribution is 5.76. The van der Waals surface area contributed by atoms with Crippen LogP contribution < -0.4 is 10.1 Å². The lowest BCUT2D eigenvalue weighted by Gasteiger charge is -2.12. The smallest absolute Gasteiger partial charge is 0.242 e. The van der Waals surface area contributed by atoms with E-state index < -0.39 is 5.82 Å². The summed E-state index contributed by atoms with van der Waals surface area (Å²) in [6.07, 6.45) is 0.651. The van der Waals surface area contributed by atoms with Gasteiger partial charge in [-0.2, -0.15) is 0 Å². The largest absolute Gasteiger partial charge is 0.488 e. The number of fused-ring (bicyclic) bond motifs is 1. The van der Waals surface area contributed by atoms with Crippen LogP contribution in [0.1, 0.15) is 5.56 Å². The van der Waals surface area contributed by atoms with Crippen LogP contribution in [0.2, 0.25) is 0 Å². The van der Waals surface area contributed by atoms with Crippen LogP contribution in [-0.2, 0) is 17.8 Å². The van der Waals surface area contributed by atoms with Gasteiger partial charge in [0.25, 0.3) is 0 Å². The molecule has 0 radical (unpaired) electrons. The first-order valence-electron chi connectivity index (χ1n) is 8.23. The third kappa shape index (κ3) is 3.26. The number of carbonyl (C=O) groups is 1. The first-order valence-corrected chi connectivity index (χ1v) is 8.23. The van der Waals surface area contributed by atoms with E-state index in [4.69, 9.17) is 4.74 Å². The maximum Gasteiger partial charge on any atom is 0.242 e. The van der Waals surface area contributed by atoms with Gasteiger partial charge in [0.05, 0.1) is 12.1 Å². The van der Waals surface area contributed by atoms with E-state index in [1.807, 2.05) is 24.3 Å². The van der Waals surface area contributed by atoms with Crippen molar-refractivity contribution in [2.75, 3.05) is 6.54 Å². The number of nitrogens with one attached hydrogen (secondary N) is 1. The molecule has 0 bridgehead atoms. The van der Waals surface area contributed by atoms with E-state index >= 15 is 0 Å². The number of nitrogens with zero attached hydrogens (tertiary/aromatic N) is 4. The first kappa shape index (κ1) is 16.2. The van der Waals surface area contributed by atoms with Gasteiger partial charge >= 0.3 is 0 Å². The molecule has 26 heavy (non-hydrogen) atoms. The molecule has 2 heterocycles. The second-order valence-corrected chi connectivity index (χ2v) is 6.00. The molecule has 0 spiro atoms. The van der Waals surface area contributed by atoms with Gasteiger partial charge in [-0.3, -0.25) is 4.79 Å². The van der Waals surface area contributed by atoms with Gasteiger partial charge in [0.15, 0.2) is 5.82 Å². The van der Waals surface area contributed by atoms with Crippen LogP contribution in [0.5, 0.6) is 5.75 Å². The van der Waals surface area contributed by atoms with Crippen LogP contribution in [-0.4, -0.2) is 38.8 Å². The third-order valence-electron chi connectivity index (χ3n) is 4.18. The van der Waals surface area contributed by atoms with E-state index in [2.05, 4.69) is 20.8 Å². The molecule has 0 saturated heterocycles. The molecule has 1 aliphatic rings. The monoisotopic (exact) mass is 353 g/mol. The predicted octanol–water partition coefficient (Wildman–Crippen LogP) is 1.60. The van der Waals surface area contributed by atoms with Gasteiger partial charge < -0.3 is 10.1 Å². The Morgan fingerprint density at radius 2 is 2.04 bits per heavy atom. The molecule has 1 atom stereocenters. The standard InChI is InChI=1S/C18H16FN5O2/c19-15-7-3-2-6-14(15)18-21-22-23-24(18)11-17(25)20-10-13-9-12-5-1-4-8-16(12)26-13/h1-8,13H,9-11H2,(H,20,25). The number of aromatic nitrogens is 4. The molecular weight excluding hydrogens is 337 g/mol. The average molecular weight is 353 g/mol. The van der Waals surface area contributed by atoms with Crippen molar-refractivity contribution in [2.45, 2.75) is 19.1 Å². The zero-order chi connectivity index (χ0) is 17.9.